The molecule has 15 heavy (non-hydrogen) atoms. The van der Waals surface area contributed by atoms with E-state index < -0.39 is 0 Å². The molecule has 0 bridgehead atoms. The van der Waals surface area contributed by atoms with Crippen molar-refractivity contribution in [3.05, 3.63) is 28.8 Å². The normalized spacial score (nSPS) is 9.53. The molecule has 0 saturated carbocycles. The van der Waals surface area contributed by atoms with Gasteiger partial charge in [0.05, 0.1) is 11.6 Å². The van der Waals surface area contributed by atoms with Crippen molar-refractivity contribution in [1.29, 1.82) is 0 Å². The van der Waals surface area contributed by atoms with Crippen LogP contribution in [0.15, 0.2) is 18.2 Å². The van der Waals surface area contributed by atoms with Gasteiger partial charge in [-0.3, -0.25) is 0 Å². The summed E-state index contributed by atoms with van der Waals surface area (Å²) in [5.41, 5.74) is 1.18. The first-order valence-electron chi connectivity index (χ1n) is 4.89. The second-order valence-corrected chi connectivity index (χ2v) is 3.39. The van der Waals surface area contributed by atoms with Crippen molar-refractivity contribution in [1.82, 2.24) is 5.32 Å². The van der Waals surface area contributed by atoms with Crippen LogP contribution in [-0.4, -0.2) is 13.2 Å². The zero-order valence-corrected chi connectivity index (χ0v) is 10.6. The standard InChI is InChI=1S/C11H16ClNO.ClH/c1-3-13-8-9-5-6-11(14-4-2)10(12)7-9;/h5-7,13H,3-4,8H2,1-2H3;1H. The molecule has 1 aromatic rings. The monoisotopic (exact) mass is 249 g/mol. The fraction of sp³-hybridized carbons (Fsp3) is 0.455. The quantitative estimate of drug-likeness (QED) is 0.865. The third-order valence-electron chi connectivity index (χ3n) is 1.88. The molecule has 4 heteroatoms. The summed E-state index contributed by atoms with van der Waals surface area (Å²) in [6, 6.07) is 5.88. The molecule has 0 heterocycles. The molecule has 1 N–H and O–H groups in total. The van der Waals surface area contributed by atoms with Crippen molar-refractivity contribution in [2.24, 2.45) is 0 Å². The van der Waals surface area contributed by atoms with Crippen molar-refractivity contribution < 1.29 is 4.74 Å². The van der Waals surface area contributed by atoms with Gasteiger partial charge in [0, 0.05) is 6.54 Å². The molecule has 0 amide bonds. The number of benzene rings is 1. The second-order valence-electron chi connectivity index (χ2n) is 2.98. The van der Waals surface area contributed by atoms with Crippen LogP contribution in [0, 0.1) is 0 Å². The van der Waals surface area contributed by atoms with E-state index in [4.69, 9.17) is 16.3 Å². The summed E-state index contributed by atoms with van der Waals surface area (Å²) in [5.74, 6) is 0.759. The average Bonchev–Trinajstić information content (AvgIpc) is 2.19. The molecule has 1 rings (SSSR count). The van der Waals surface area contributed by atoms with Gasteiger partial charge in [0.15, 0.2) is 0 Å². The van der Waals surface area contributed by atoms with Gasteiger partial charge in [-0.1, -0.05) is 24.6 Å². The third-order valence-corrected chi connectivity index (χ3v) is 2.17. The number of rotatable bonds is 5. The lowest BCUT2D eigenvalue weighted by atomic mass is 10.2. The fourth-order valence-electron chi connectivity index (χ4n) is 1.20. The van der Waals surface area contributed by atoms with Crippen LogP contribution in [0.5, 0.6) is 5.75 Å². The molecule has 0 saturated heterocycles. The van der Waals surface area contributed by atoms with E-state index >= 15 is 0 Å². The Labute approximate surface area is 102 Å². The van der Waals surface area contributed by atoms with E-state index in [9.17, 15) is 0 Å². The van der Waals surface area contributed by atoms with Crippen LogP contribution < -0.4 is 10.1 Å². The highest BCUT2D eigenvalue weighted by Gasteiger charge is 2.01. The van der Waals surface area contributed by atoms with Crippen molar-refractivity contribution in [3.63, 3.8) is 0 Å². The van der Waals surface area contributed by atoms with Gasteiger partial charge < -0.3 is 10.1 Å². The highest BCUT2D eigenvalue weighted by molar-refractivity contribution is 6.32. The van der Waals surface area contributed by atoms with Crippen molar-refractivity contribution >= 4 is 24.0 Å². The van der Waals surface area contributed by atoms with Gasteiger partial charge in [0.2, 0.25) is 0 Å². The van der Waals surface area contributed by atoms with E-state index in [1.165, 1.54) is 5.56 Å². The van der Waals surface area contributed by atoms with Gasteiger partial charge in [0.1, 0.15) is 5.75 Å². The Kier molecular flexibility index (Phi) is 7.57. The van der Waals surface area contributed by atoms with Crippen LogP contribution >= 0.6 is 24.0 Å². The van der Waals surface area contributed by atoms with Crippen LogP contribution in [0.1, 0.15) is 19.4 Å². The van der Waals surface area contributed by atoms with Gasteiger partial charge in [-0.15, -0.1) is 12.4 Å². The average molecular weight is 250 g/mol. The first kappa shape index (κ1) is 14.6. The molecule has 0 unspecified atom stereocenters. The minimum atomic E-state index is 0. The molecule has 0 aromatic heterocycles. The lowest BCUT2D eigenvalue weighted by molar-refractivity contribution is 0.340. The predicted molar refractivity (Wildman–Crippen MR) is 67.2 cm³/mol. The first-order chi connectivity index (χ1) is 6.77. The zero-order valence-electron chi connectivity index (χ0n) is 9.05. The van der Waals surface area contributed by atoms with Crippen LogP contribution in [-0.2, 0) is 6.54 Å². The van der Waals surface area contributed by atoms with Gasteiger partial charge in [-0.2, -0.15) is 0 Å². The Bertz CT molecular complexity index is 292. The lowest BCUT2D eigenvalue weighted by Gasteiger charge is -2.07. The van der Waals surface area contributed by atoms with Crippen molar-refractivity contribution in [2.45, 2.75) is 20.4 Å². The van der Waals surface area contributed by atoms with Crippen LogP contribution in [0.25, 0.3) is 0 Å². The first-order valence-corrected chi connectivity index (χ1v) is 5.27. The van der Waals surface area contributed by atoms with E-state index in [1.807, 2.05) is 25.1 Å². The second kappa shape index (κ2) is 7.80. The minimum absolute atomic E-state index is 0. The maximum Gasteiger partial charge on any atom is 0.137 e. The summed E-state index contributed by atoms with van der Waals surface area (Å²) in [7, 11) is 0. The van der Waals surface area contributed by atoms with Crippen LogP contribution in [0.3, 0.4) is 0 Å². The zero-order chi connectivity index (χ0) is 10.4. The SMILES string of the molecule is CCNCc1ccc(OCC)c(Cl)c1.Cl. The third kappa shape index (κ3) is 4.74. The summed E-state index contributed by atoms with van der Waals surface area (Å²) >= 11 is 6.03. The fourth-order valence-corrected chi connectivity index (χ4v) is 1.45. The Morgan fingerprint density at radius 3 is 2.60 bits per heavy atom. The van der Waals surface area contributed by atoms with E-state index in [0.29, 0.717) is 11.6 Å². The Morgan fingerprint density at radius 1 is 1.33 bits per heavy atom. The van der Waals surface area contributed by atoms with Crippen LogP contribution in [0.2, 0.25) is 5.02 Å². The molecule has 0 atom stereocenters. The Morgan fingerprint density at radius 2 is 2.07 bits per heavy atom. The smallest absolute Gasteiger partial charge is 0.137 e. The highest BCUT2D eigenvalue weighted by atomic mass is 35.5. The maximum atomic E-state index is 6.03. The van der Waals surface area contributed by atoms with Gasteiger partial charge in [-0.25, -0.2) is 0 Å². The van der Waals surface area contributed by atoms with Crippen LogP contribution in [0.4, 0.5) is 0 Å². The summed E-state index contributed by atoms with van der Waals surface area (Å²) < 4.78 is 5.34. The van der Waals surface area contributed by atoms with E-state index in [2.05, 4.69) is 12.2 Å². The molecule has 2 nitrogen and oxygen atoms in total. The van der Waals surface area contributed by atoms with E-state index in [1.54, 1.807) is 0 Å². The van der Waals surface area contributed by atoms with E-state index in [-0.39, 0.29) is 12.4 Å². The Hall–Kier alpha value is -0.440. The number of hydrogen-bond acceptors (Lipinski definition) is 2. The molecule has 0 aliphatic rings. The Balaban J connectivity index is 0.00000196. The maximum absolute atomic E-state index is 6.03. The molecule has 0 aliphatic heterocycles. The summed E-state index contributed by atoms with van der Waals surface area (Å²) in [6.45, 7) is 6.48. The van der Waals surface area contributed by atoms with Crippen molar-refractivity contribution in [3.8, 4) is 5.75 Å². The van der Waals surface area contributed by atoms with E-state index in [0.717, 1.165) is 18.8 Å². The molecule has 0 spiro atoms. The molecule has 0 radical (unpaired) electrons. The molecule has 86 valence electrons. The minimum Gasteiger partial charge on any atom is -0.492 e. The highest BCUT2D eigenvalue weighted by Crippen LogP contribution is 2.25. The molecule has 0 aliphatic carbocycles. The number of ether oxygens (including phenoxy) is 1. The molecular formula is C11H17Cl2NO. The van der Waals surface area contributed by atoms with Gasteiger partial charge >= 0.3 is 0 Å². The number of nitrogens with one attached hydrogen (secondary N) is 1. The predicted octanol–water partition coefficient (Wildman–Crippen LogP) is 3.27. The van der Waals surface area contributed by atoms with Gasteiger partial charge in [0.25, 0.3) is 0 Å². The van der Waals surface area contributed by atoms with Crippen molar-refractivity contribution in [2.75, 3.05) is 13.2 Å². The summed E-state index contributed by atoms with van der Waals surface area (Å²) in [6.07, 6.45) is 0. The van der Waals surface area contributed by atoms with Gasteiger partial charge in [-0.05, 0) is 31.2 Å². The number of hydrogen-bond donors (Lipinski definition) is 1. The lowest BCUT2D eigenvalue weighted by Crippen LogP contribution is -2.11. The summed E-state index contributed by atoms with van der Waals surface area (Å²) in [4.78, 5) is 0. The summed E-state index contributed by atoms with van der Waals surface area (Å²) in [5, 5.41) is 3.93. The largest absolute Gasteiger partial charge is 0.492 e. The topological polar surface area (TPSA) is 21.3 Å². The molecular weight excluding hydrogens is 233 g/mol. The molecule has 1 aromatic carbocycles. The number of halogens is 2. The molecule has 0 fully saturated rings.